The first-order valence-electron chi connectivity index (χ1n) is 8.52. The molecule has 0 saturated heterocycles. The van der Waals surface area contributed by atoms with Crippen molar-refractivity contribution in [2.45, 2.75) is 20.5 Å². The fraction of sp³-hybridized carbons (Fsp3) is 0.143. The predicted molar refractivity (Wildman–Crippen MR) is 107 cm³/mol. The number of pyridine rings is 1. The highest BCUT2D eigenvalue weighted by Gasteiger charge is 2.19. The molecular formula is C21H16BrF2NO4. The molecule has 1 aromatic heterocycles. The Hall–Kier alpha value is -3.00. The zero-order chi connectivity index (χ0) is 21.3. The molecule has 0 fully saturated rings. The Morgan fingerprint density at radius 2 is 1.86 bits per heavy atom. The maximum Gasteiger partial charge on any atom is 0.337 e. The predicted octanol–water partition coefficient (Wildman–Crippen LogP) is 4.77. The van der Waals surface area contributed by atoms with E-state index in [1.54, 1.807) is 32.0 Å². The third-order valence-electron chi connectivity index (χ3n) is 4.32. The third kappa shape index (κ3) is 4.22. The van der Waals surface area contributed by atoms with Crippen LogP contribution in [0.15, 0.2) is 51.7 Å². The lowest BCUT2D eigenvalue weighted by atomic mass is 10.1. The van der Waals surface area contributed by atoms with Crippen molar-refractivity contribution < 1.29 is 23.4 Å². The monoisotopic (exact) mass is 463 g/mol. The Kier molecular flexibility index (Phi) is 5.83. The van der Waals surface area contributed by atoms with Crippen LogP contribution in [0, 0.1) is 25.5 Å². The third-order valence-corrected chi connectivity index (χ3v) is 5.05. The molecule has 150 valence electrons. The molecule has 0 bridgehead atoms. The van der Waals surface area contributed by atoms with Crippen LogP contribution in [0.1, 0.15) is 27.2 Å². The second-order valence-electron chi connectivity index (χ2n) is 6.45. The van der Waals surface area contributed by atoms with E-state index in [0.29, 0.717) is 5.69 Å². The van der Waals surface area contributed by atoms with Crippen molar-refractivity contribution in [2.75, 3.05) is 0 Å². The molecule has 0 aliphatic rings. The smallest absolute Gasteiger partial charge is 0.337 e. The molecule has 5 nitrogen and oxygen atoms in total. The molecule has 0 aliphatic carbocycles. The lowest BCUT2D eigenvalue weighted by molar-refractivity contribution is 0.0697. The summed E-state index contributed by atoms with van der Waals surface area (Å²) in [7, 11) is 0. The van der Waals surface area contributed by atoms with Gasteiger partial charge < -0.3 is 9.84 Å². The molecule has 0 spiro atoms. The van der Waals surface area contributed by atoms with E-state index in [2.05, 4.69) is 15.9 Å². The van der Waals surface area contributed by atoms with E-state index in [9.17, 15) is 23.5 Å². The molecule has 1 N–H and O–H groups in total. The van der Waals surface area contributed by atoms with Crippen LogP contribution in [0.25, 0.3) is 5.69 Å². The number of carboxylic acid groups (broad SMARTS) is 1. The Bertz CT molecular complexity index is 1170. The van der Waals surface area contributed by atoms with Crippen LogP contribution in [0.2, 0.25) is 0 Å². The number of aromatic nitrogens is 1. The zero-order valence-electron chi connectivity index (χ0n) is 15.5. The van der Waals surface area contributed by atoms with Crippen LogP contribution >= 0.6 is 15.9 Å². The first-order valence-corrected chi connectivity index (χ1v) is 9.31. The fourth-order valence-corrected chi connectivity index (χ4v) is 3.29. The average molecular weight is 464 g/mol. The van der Waals surface area contributed by atoms with Gasteiger partial charge in [-0.15, -0.1) is 0 Å². The summed E-state index contributed by atoms with van der Waals surface area (Å²) in [6.07, 6.45) is 0. The van der Waals surface area contributed by atoms with Crippen LogP contribution in [0.4, 0.5) is 8.78 Å². The lowest BCUT2D eigenvalue weighted by Crippen LogP contribution is -2.24. The number of aryl methyl sites for hydroxylation is 2. The number of hydrogen-bond donors (Lipinski definition) is 1. The number of aromatic carboxylic acids is 1. The first kappa shape index (κ1) is 20.7. The van der Waals surface area contributed by atoms with Gasteiger partial charge in [-0.1, -0.05) is 6.07 Å². The molecule has 29 heavy (non-hydrogen) atoms. The number of benzene rings is 2. The van der Waals surface area contributed by atoms with Gasteiger partial charge in [-0.3, -0.25) is 9.36 Å². The van der Waals surface area contributed by atoms with Gasteiger partial charge in [0.25, 0.3) is 5.56 Å². The van der Waals surface area contributed by atoms with Gasteiger partial charge in [-0.2, -0.15) is 0 Å². The topological polar surface area (TPSA) is 68.5 Å². The van der Waals surface area contributed by atoms with Crippen molar-refractivity contribution in [2.24, 2.45) is 0 Å². The molecule has 1 heterocycles. The summed E-state index contributed by atoms with van der Waals surface area (Å²) in [6.45, 7) is 3.21. The molecule has 8 heteroatoms. The molecule has 0 atom stereocenters. The quantitative estimate of drug-likeness (QED) is 0.591. The highest BCUT2D eigenvalue weighted by molar-refractivity contribution is 9.10. The summed E-state index contributed by atoms with van der Waals surface area (Å²) in [5, 5.41) is 9.47. The first-order chi connectivity index (χ1) is 13.7. The minimum Gasteiger partial charge on any atom is -0.487 e. The fourth-order valence-electron chi connectivity index (χ4n) is 2.89. The van der Waals surface area contributed by atoms with Gasteiger partial charge in [0.2, 0.25) is 0 Å². The van der Waals surface area contributed by atoms with Crippen molar-refractivity contribution in [3.8, 4) is 11.4 Å². The SMILES string of the molecule is Cc1ccc(C(=O)O)c(-n2c(C)cc(OCc3ccc(F)cc3F)c(Br)c2=O)c1. The van der Waals surface area contributed by atoms with E-state index in [-0.39, 0.29) is 33.6 Å². The van der Waals surface area contributed by atoms with Crippen molar-refractivity contribution in [1.82, 2.24) is 4.57 Å². The van der Waals surface area contributed by atoms with Gasteiger partial charge in [0.1, 0.15) is 28.5 Å². The number of rotatable bonds is 5. The number of carbonyl (C=O) groups is 1. The average Bonchev–Trinajstić information content (AvgIpc) is 2.64. The van der Waals surface area contributed by atoms with Crippen LogP contribution in [0.3, 0.4) is 0 Å². The summed E-state index contributed by atoms with van der Waals surface area (Å²) in [6, 6.07) is 9.37. The second-order valence-corrected chi connectivity index (χ2v) is 7.25. The standard InChI is InChI=1S/C21H16BrF2NO4/c1-11-3-6-15(21(27)28)17(7-11)25-12(2)8-18(19(22)20(25)26)29-10-13-4-5-14(23)9-16(13)24/h3-9H,10H2,1-2H3,(H,27,28). The normalized spacial score (nSPS) is 10.8. The lowest BCUT2D eigenvalue weighted by Gasteiger charge is -2.17. The van der Waals surface area contributed by atoms with Crippen molar-refractivity contribution in [3.05, 3.63) is 91.3 Å². The van der Waals surface area contributed by atoms with Crippen molar-refractivity contribution in [1.29, 1.82) is 0 Å². The van der Waals surface area contributed by atoms with Gasteiger partial charge in [0.05, 0.1) is 11.3 Å². The number of hydrogen-bond acceptors (Lipinski definition) is 3. The van der Waals surface area contributed by atoms with Crippen LogP contribution in [-0.4, -0.2) is 15.6 Å². The van der Waals surface area contributed by atoms with Crippen molar-refractivity contribution in [3.63, 3.8) is 0 Å². The van der Waals surface area contributed by atoms with E-state index < -0.39 is 23.2 Å². The number of carboxylic acids is 1. The van der Waals surface area contributed by atoms with Crippen LogP contribution in [0.5, 0.6) is 5.75 Å². The van der Waals surface area contributed by atoms with E-state index in [1.165, 1.54) is 16.7 Å². The maximum absolute atomic E-state index is 13.8. The molecule has 0 amide bonds. The summed E-state index contributed by atoms with van der Waals surface area (Å²) in [5.41, 5.74) is 1.05. The number of halogens is 3. The Balaban J connectivity index is 2.03. The van der Waals surface area contributed by atoms with Gasteiger partial charge in [0.15, 0.2) is 0 Å². The van der Waals surface area contributed by atoms with E-state index in [4.69, 9.17) is 4.74 Å². The Morgan fingerprint density at radius 1 is 1.14 bits per heavy atom. The summed E-state index contributed by atoms with van der Waals surface area (Å²) >= 11 is 3.19. The Morgan fingerprint density at radius 3 is 2.52 bits per heavy atom. The Labute approximate surface area is 173 Å². The molecule has 3 rings (SSSR count). The molecule has 0 radical (unpaired) electrons. The minimum atomic E-state index is -1.16. The van der Waals surface area contributed by atoms with Gasteiger partial charge >= 0.3 is 5.97 Å². The van der Waals surface area contributed by atoms with E-state index in [1.807, 2.05) is 0 Å². The highest BCUT2D eigenvalue weighted by Crippen LogP contribution is 2.27. The van der Waals surface area contributed by atoms with Crippen LogP contribution in [-0.2, 0) is 6.61 Å². The maximum atomic E-state index is 13.8. The van der Waals surface area contributed by atoms with Gasteiger partial charge in [0, 0.05) is 23.4 Å². The number of ether oxygens (including phenoxy) is 1. The second kappa shape index (κ2) is 8.16. The largest absolute Gasteiger partial charge is 0.487 e. The molecule has 0 unspecified atom stereocenters. The minimum absolute atomic E-state index is 0.0187. The summed E-state index contributed by atoms with van der Waals surface area (Å²) < 4.78 is 33.7. The van der Waals surface area contributed by atoms with Gasteiger partial charge in [-0.05, 0) is 59.6 Å². The van der Waals surface area contributed by atoms with E-state index in [0.717, 1.165) is 17.7 Å². The molecular weight excluding hydrogens is 448 g/mol. The molecule has 3 aromatic rings. The summed E-state index contributed by atoms with van der Waals surface area (Å²) in [4.78, 5) is 24.5. The zero-order valence-corrected chi connectivity index (χ0v) is 17.1. The van der Waals surface area contributed by atoms with E-state index >= 15 is 0 Å². The summed E-state index contributed by atoms with van der Waals surface area (Å²) in [5.74, 6) is -2.44. The highest BCUT2D eigenvalue weighted by atomic mass is 79.9. The molecule has 0 aliphatic heterocycles. The number of nitrogens with zero attached hydrogens (tertiary/aromatic N) is 1. The molecule has 0 saturated carbocycles. The van der Waals surface area contributed by atoms with Crippen LogP contribution < -0.4 is 10.3 Å². The molecule has 2 aromatic carbocycles. The van der Waals surface area contributed by atoms with Crippen molar-refractivity contribution >= 4 is 21.9 Å². The van der Waals surface area contributed by atoms with Gasteiger partial charge in [-0.25, -0.2) is 13.6 Å².